The Morgan fingerprint density at radius 2 is 1.94 bits per heavy atom. The molecule has 4 heteroatoms. The molecular weight excluding hydrogens is 231 g/mol. The third-order valence-electron chi connectivity index (χ3n) is 4.66. The van der Waals surface area contributed by atoms with E-state index in [-0.39, 0.29) is 11.9 Å². The van der Waals surface area contributed by atoms with Crippen LogP contribution >= 0.6 is 0 Å². The summed E-state index contributed by atoms with van der Waals surface area (Å²) in [5, 5.41) is 0. The summed E-state index contributed by atoms with van der Waals surface area (Å²) in [6.07, 6.45) is 5.66. The van der Waals surface area contributed by atoms with Crippen molar-refractivity contribution in [3.63, 3.8) is 0 Å². The zero-order valence-electron chi connectivity index (χ0n) is 10.3. The van der Waals surface area contributed by atoms with E-state index in [1.807, 2.05) is 0 Å². The van der Waals surface area contributed by atoms with E-state index in [4.69, 9.17) is 4.74 Å². The van der Waals surface area contributed by atoms with Crippen molar-refractivity contribution in [1.82, 2.24) is 9.88 Å². The number of piperidine rings is 3. The third-order valence-corrected chi connectivity index (χ3v) is 4.66. The zero-order chi connectivity index (χ0) is 12.1. The van der Waals surface area contributed by atoms with Crippen molar-refractivity contribution < 1.29 is 9.13 Å². The molecule has 18 heavy (non-hydrogen) atoms. The third kappa shape index (κ3) is 1.70. The molecule has 1 aliphatic carbocycles. The molecule has 3 aliphatic heterocycles. The molecule has 4 aliphatic rings. The van der Waals surface area contributed by atoms with E-state index in [2.05, 4.69) is 9.88 Å². The number of nitrogens with zero attached hydrogens (tertiary/aromatic N) is 2. The fourth-order valence-corrected chi connectivity index (χ4v) is 4.17. The van der Waals surface area contributed by atoms with Crippen LogP contribution in [0.25, 0.3) is 0 Å². The minimum Gasteiger partial charge on any atom is -0.488 e. The van der Waals surface area contributed by atoms with Gasteiger partial charge in [-0.3, -0.25) is 4.98 Å². The second-order valence-corrected chi connectivity index (χ2v) is 6.00. The highest BCUT2D eigenvalue weighted by atomic mass is 19.1. The van der Waals surface area contributed by atoms with Gasteiger partial charge in [-0.15, -0.1) is 0 Å². The molecule has 96 valence electrons. The molecule has 5 rings (SSSR count). The molecular formula is C14H17FN2O. The van der Waals surface area contributed by atoms with Gasteiger partial charge >= 0.3 is 0 Å². The molecule has 0 N–H and O–H groups in total. The Morgan fingerprint density at radius 3 is 2.61 bits per heavy atom. The summed E-state index contributed by atoms with van der Waals surface area (Å²) in [7, 11) is 0. The normalized spacial score (nSPS) is 41.1. The summed E-state index contributed by atoms with van der Waals surface area (Å²) in [5.41, 5.74) is 0. The smallest absolute Gasteiger partial charge is 0.145 e. The molecule has 1 aromatic heterocycles. The van der Waals surface area contributed by atoms with Crippen LogP contribution in [0.2, 0.25) is 0 Å². The van der Waals surface area contributed by atoms with Gasteiger partial charge in [0.05, 0.1) is 12.4 Å². The number of ether oxygens (including phenoxy) is 1. The van der Waals surface area contributed by atoms with E-state index >= 15 is 0 Å². The standard InChI is InChI=1S/C14H17FN2O/c15-12-3-13(5-16-4-12)18-14-10-1-9-2-11(14)8-17(6-9)7-10/h3-5,9-11,14H,1-2,6-8H2. The van der Waals surface area contributed by atoms with E-state index in [1.54, 1.807) is 6.20 Å². The molecule has 4 heterocycles. The predicted molar refractivity (Wildman–Crippen MR) is 64.8 cm³/mol. The van der Waals surface area contributed by atoms with Gasteiger partial charge in [0.2, 0.25) is 0 Å². The van der Waals surface area contributed by atoms with Crippen LogP contribution in [0.3, 0.4) is 0 Å². The lowest BCUT2D eigenvalue weighted by Gasteiger charge is -2.55. The van der Waals surface area contributed by atoms with Crippen molar-refractivity contribution >= 4 is 0 Å². The van der Waals surface area contributed by atoms with Crippen molar-refractivity contribution in [3.8, 4) is 5.75 Å². The molecule has 4 bridgehead atoms. The fourth-order valence-electron chi connectivity index (χ4n) is 4.17. The number of hydrogen-bond acceptors (Lipinski definition) is 3. The van der Waals surface area contributed by atoms with Crippen LogP contribution in [0.5, 0.6) is 5.75 Å². The summed E-state index contributed by atoms with van der Waals surface area (Å²) >= 11 is 0. The maximum absolute atomic E-state index is 13.1. The minimum atomic E-state index is -0.319. The molecule has 0 aromatic carbocycles. The minimum absolute atomic E-state index is 0.265. The first-order valence-corrected chi connectivity index (χ1v) is 6.77. The average molecular weight is 248 g/mol. The lowest BCUT2D eigenvalue weighted by atomic mass is 9.66. The Hall–Kier alpha value is -1.16. The van der Waals surface area contributed by atoms with Crippen molar-refractivity contribution in [2.24, 2.45) is 17.8 Å². The van der Waals surface area contributed by atoms with Gasteiger partial charge in [0.25, 0.3) is 0 Å². The fraction of sp³-hybridized carbons (Fsp3) is 0.643. The summed E-state index contributed by atoms with van der Waals surface area (Å²) in [5.74, 6) is 2.38. The lowest BCUT2D eigenvalue weighted by molar-refractivity contribution is -0.0986. The molecule has 2 unspecified atom stereocenters. The van der Waals surface area contributed by atoms with Crippen LogP contribution < -0.4 is 4.74 Å². The van der Waals surface area contributed by atoms with Crippen LogP contribution in [-0.4, -0.2) is 35.6 Å². The second kappa shape index (κ2) is 3.92. The van der Waals surface area contributed by atoms with Gasteiger partial charge in [0.1, 0.15) is 17.7 Å². The molecule has 0 radical (unpaired) electrons. The summed E-state index contributed by atoms with van der Waals surface area (Å²) in [4.78, 5) is 6.42. The van der Waals surface area contributed by atoms with Crippen LogP contribution in [0.1, 0.15) is 12.8 Å². The van der Waals surface area contributed by atoms with Gasteiger partial charge in [-0.25, -0.2) is 4.39 Å². The molecule has 4 fully saturated rings. The van der Waals surface area contributed by atoms with Gasteiger partial charge in [-0.1, -0.05) is 0 Å². The number of hydrogen-bond donors (Lipinski definition) is 0. The summed E-state index contributed by atoms with van der Waals surface area (Å²) < 4.78 is 19.2. The zero-order valence-corrected chi connectivity index (χ0v) is 10.3. The Morgan fingerprint density at radius 1 is 1.17 bits per heavy atom. The average Bonchev–Trinajstić information content (AvgIpc) is 2.33. The van der Waals surface area contributed by atoms with Crippen LogP contribution in [0, 0.1) is 23.6 Å². The molecule has 3 nitrogen and oxygen atoms in total. The molecule has 0 spiro atoms. The summed E-state index contributed by atoms with van der Waals surface area (Å²) in [6.45, 7) is 3.59. The van der Waals surface area contributed by atoms with Crippen molar-refractivity contribution in [1.29, 1.82) is 0 Å². The topological polar surface area (TPSA) is 25.4 Å². The van der Waals surface area contributed by atoms with Crippen molar-refractivity contribution in [2.45, 2.75) is 18.9 Å². The van der Waals surface area contributed by atoms with Gasteiger partial charge in [0, 0.05) is 37.5 Å². The highest BCUT2D eigenvalue weighted by Gasteiger charge is 2.48. The highest BCUT2D eigenvalue weighted by Crippen LogP contribution is 2.44. The Kier molecular flexibility index (Phi) is 2.34. The Balaban J connectivity index is 1.55. The molecule has 1 aromatic rings. The molecule has 2 atom stereocenters. The van der Waals surface area contributed by atoms with Gasteiger partial charge in [0.15, 0.2) is 0 Å². The van der Waals surface area contributed by atoms with Gasteiger partial charge < -0.3 is 9.64 Å². The van der Waals surface area contributed by atoms with E-state index in [0.29, 0.717) is 17.6 Å². The lowest BCUT2D eigenvalue weighted by Crippen LogP contribution is -2.61. The van der Waals surface area contributed by atoms with E-state index < -0.39 is 0 Å². The SMILES string of the molecule is Fc1cncc(OC2C3CC4CC2CN(C4)C3)c1. The van der Waals surface area contributed by atoms with Crippen molar-refractivity contribution in [2.75, 3.05) is 19.6 Å². The highest BCUT2D eigenvalue weighted by molar-refractivity contribution is 5.18. The molecule has 3 saturated heterocycles. The van der Waals surface area contributed by atoms with Crippen LogP contribution in [-0.2, 0) is 0 Å². The van der Waals surface area contributed by atoms with Gasteiger partial charge in [-0.2, -0.15) is 0 Å². The number of rotatable bonds is 2. The first-order chi connectivity index (χ1) is 8.78. The number of halogens is 1. The van der Waals surface area contributed by atoms with E-state index in [1.165, 1.54) is 31.6 Å². The van der Waals surface area contributed by atoms with Crippen LogP contribution in [0.4, 0.5) is 4.39 Å². The first-order valence-electron chi connectivity index (χ1n) is 6.77. The van der Waals surface area contributed by atoms with E-state index in [0.717, 1.165) is 19.0 Å². The Bertz CT molecular complexity index is 437. The second-order valence-electron chi connectivity index (χ2n) is 6.00. The quantitative estimate of drug-likeness (QED) is 0.799. The first kappa shape index (κ1) is 10.7. The monoisotopic (exact) mass is 248 g/mol. The number of pyridine rings is 1. The van der Waals surface area contributed by atoms with Gasteiger partial charge in [-0.05, 0) is 18.8 Å². The predicted octanol–water partition coefficient (Wildman–Crippen LogP) is 1.94. The summed E-state index contributed by atoms with van der Waals surface area (Å²) in [6, 6.07) is 1.44. The maximum Gasteiger partial charge on any atom is 0.145 e. The largest absolute Gasteiger partial charge is 0.488 e. The molecule has 0 amide bonds. The molecule has 1 saturated carbocycles. The maximum atomic E-state index is 13.1. The van der Waals surface area contributed by atoms with E-state index in [9.17, 15) is 4.39 Å². The Labute approximate surface area is 106 Å². The van der Waals surface area contributed by atoms with Crippen molar-refractivity contribution in [3.05, 3.63) is 24.3 Å². The van der Waals surface area contributed by atoms with Crippen LogP contribution in [0.15, 0.2) is 18.5 Å². The number of aromatic nitrogens is 1.